The molecule has 6 nitrogen and oxygen atoms in total. The van der Waals surface area contributed by atoms with Crippen LogP contribution in [0, 0.1) is 0 Å². The molecule has 0 aromatic rings. The lowest BCUT2D eigenvalue weighted by atomic mass is 10.1. The number of rotatable bonds is 14. The largest absolute Gasteiger partial charge is 0.469 e. The average molecular weight is 347 g/mol. The minimum Gasteiger partial charge on any atom is -0.335 e. The van der Waals surface area contributed by atoms with E-state index in [2.05, 4.69) is 17.7 Å². The zero-order valence-electron chi connectivity index (χ0n) is 14.1. The molecule has 0 saturated carbocycles. The summed E-state index contributed by atoms with van der Waals surface area (Å²) in [4.78, 5) is 30.9. The monoisotopic (exact) mass is 347 g/mol. The third-order valence-electron chi connectivity index (χ3n) is 3.45. The van der Waals surface area contributed by atoms with Crippen LogP contribution in [-0.4, -0.2) is 40.3 Å². The van der Waals surface area contributed by atoms with Crippen LogP contribution in [0.2, 0.25) is 0 Å². The molecule has 0 aliphatic rings. The molecule has 0 aliphatic carbocycles. The third kappa shape index (κ3) is 12.2. The molecule has 0 saturated heterocycles. The average Bonchev–Trinajstić information content (AvgIpc) is 2.49. The number of carbonyl (C=O) groups excluding carboxylic acids is 1. The Hall–Kier alpha value is -0.940. The normalized spacial score (nSPS) is 11.3. The molecule has 0 radical (unpaired) electrons. The van der Waals surface area contributed by atoms with E-state index in [9.17, 15) is 9.36 Å². The first-order valence-electron chi connectivity index (χ1n) is 8.09. The molecule has 0 aromatic carbocycles. The molecule has 0 aliphatic heterocycles. The second kappa shape index (κ2) is 12.5. The summed E-state index contributed by atoms with van der Waals surface area (Å²) >= 11 is 0. The number of amides is 1. The first-order chi connectivity index (χ1) is 10.8. The van der Waals surface area contributed by atoms with Crippen LogP contribution < -0.4 is 0 Å². The van der Waals surface area contributed by atoms with Crippen molar-refractivity contribution in [3.63, 3.8) is 0 Å². The summed E-state index contributed by atoms with van der Waals surface area (Å²) in [6.45, 7) is 10.7. The summed E-state index contributed by atoms with van der Waals surface area (Å²) in [6, 6.07) is 0. The van der Waals surface area contributed by atoms with Gasteiger partial charge in [0.25, 0.3) is 0 Å². The van der Waals surface area contributed by atoms with Crippen LogP contribution >= 0.6 is 7.82 Å². The highest BCUT2D eigenvalue weighted by molar-refractivity contribution is 7.46. The number of hydrogen-bond donors (Lipinski definition) is 2. The predicted octanol–water partition coefficient (Wildman–Crippen LogP) is 3.42. The maximum Gasteiger partial charge on any atom is 0.469 e. The molecule has 2 N–H and O–H groups in total. The van der Waals surface area contributed by atoms with E-state index in [4.69, 9.17) is 9.79 Å². The van der Waals surface area contributed by atoms with Gasteiger partial charge in [0.05, 0.1) is 6.61 Å². The number of carbonyl (C=O) groups is 1. The van der Waals surface area contributed by atoms with Crippen LogP contribution in [0.15, 0.2) is 24.8 Å². The summed E-state index contributed by atoms with van der Waals surface area (Å²) in [7, 11) is -4.32. The Balaban J connectivity index is 3.75. The summed E-state index contributed by atoms with van der Waals surface area (Å²) in [6.07, 6.45) is 7.85. The van der Waals surface area contributed by atoms with Gasteiger partial charge in [-0.15, -0.1) is 6.58 Å². The second-order valence-electron chi connectivity index (χ2n) is 5.44. The molecule has 0 atom stereocenters. The standard InChI is InChI=1S/C16H30NO5P/c1-4-12-17(16(18)15(3)5-2)13-10-8-6-7-9-11-14-22-23(19,20)21/h4H,1,3,5-14H2,2H3,(H2,19,20,21). The van der Waals surface area contributed by atoms with Crippen molar-refractivity contribution in [2.24, 2.45) is 0 Å². The topological polar surface area (TPSA) is 87.1 Å². The summed E-state index contributed by atoms with van der Waals surface area (Å²) < 4.78 is 14.9. The molecule has 0 fully saturated rings. The van der Waals surface area contributed by atoms with Crippen LogP contribution in [0.25, 0.3) is 0 Å². The Morgan fingerprint density at radius 1 is 1.17 bits per heavy atom. The van der Waals surface area contributed by atoms with E-state index in [1.807, 2.05) is 6.92 Å². The predicted molar refractivity (Wildman–Crippen MR) is 91.9 cm³/mol. The molecule has 0 spiro atoms. The quantitative estimate of drug-likeness (QED) is 0.218. The lowest BCUT2D eigenvalue weighted by Gasteiger charge is -2.21. The molecule has 134 valence electrons. The Bertz CT molecular complexity index is 419. The molecular formula is C16H30NO5P. The van der Waals surface area contributed by atoms with Crippen LogP contribution in [0.5, 0.6) is 0 Å². The Morgan fingerprint density at radius 2 is 1.74 bits per heavy atom. The zero-order valence-corrected chi connectivity index (χ0v) is 15.0. The SMILES string of the molecule is C=CCN(CCCCCCCCOP(=O)(O)O)C(=O)C(=C)CC. The highest BCUT2D eigenvalue weighted by Gasteiger charge is 2.14. The van der Waals surface area contributed by atoms with Gasteiger partial charge in [-0.05, 0) is 19.3 Å². The van der Waals surface area contributed by atoms with Gasteiger partial charge in [0.1, 0.15) is 0 Å². The van der Waals surface area contributed by atoms with Gasteiger partial charge in [0, 0.05) is 18.7 Å². The van der Waals surface area contributed by atoms with Crippen molar-refractivity contribution in [1.82, 2.24) is 4.90 Å². The highest BCUT2D eigenvalue weighted by Crippen LogP contribution is 2.35. The molecule has 0 rings (SSSR count). The molecule has 0 unspecified atom stereocenters. The van der Waals surface area contributed by atoms with Crippen molar-refractivity contribution in [2.75, 3.05) is 19.7 Å². The van der Waals surface area contributed by atoms with Gasteiger partial charge in [-0.1, -0.05) is 45.3 Å². The van der Waals surface area contributed by atoms with Crippen molar-refractivity contribution in [3.8, 4) is 0 Å². The Morgan fingerprint density at radius 3 is 2.26 bits per heavy atom. The van der Waals surface area contributed by atoms with Gasteiger partial charge in [-0.25, -0.2) is 4.57 Å². The fraction of sp³-hybridized carbons (Fsp3) is 0.688. The molecule has 0 bridgehead atoms. The van der Waals surface area contributed by atoms with Crippen molar-refractivity contribution >= 4 is 13.7 Å². The van der Waals surface area contributed by atoms with Crippen LogP contribution in [0.1, 0.15) is 51.9 Å². The molecule has 23 heavy (non-hydrogen) atoms. The van der Waals surface area contributed by atoms with Gasteiger partial charge in [-0.3, -0.25) is 9.32 Å². The number of phosphoric ester groups is 1. The minimum absolute atomic E-state index is 0.00184. The van der Waals surface area contributed by atoms with E-state index < -0.39 is 7.82 Å². The van der Waals surface area contributed by atoms with Crippen LogP contribution in [0.4, 0.5) is 0 Å². The van der Waals surface area contributed by atoms with Gasteiger partial charge in [0.2, 0.25) is 5.91 Å². The van der Waals surface area contributed by atoms with Crippen molar-refractivity contribution in [1.29, 1.82) is 0 Å². The van der Waals surface area contributed by atoms with Gasteiger partial charge >= 0.3 is 7.82 Å². The minimum atomic E-state index is -4.32. The molecular weight excluding hydrogens is 317 g/mol. The number of nitrogens with zero attached hydrogens (tertiary/aromatic N) is 1. The first kappa shape index (κ1) is 22.1. The molecule has 0 aromatic heterocycles. The van der Waals surface area contributed by atoms with Gasteiger partial charge in [-0.2, -0.15) is 0 Å². The van der Waals surface area contributed by atoms with Gasteiger partial charge in [0.15, 0.2) is 0 Å². The first-order valence-corrected chi connectivity index (χ1v) is 9.63. The van der Waals surface area contributed by atoms with Gasteiger partial charge < -0.3 is 14.7 Å². The summed E-state index contributed by atoms with van der Waals surface area (Å²) in [5.41, 5.74) is 0.622. The maximum atomic E-state index is 12.1. The molecule has 0 heterocycles. The highest BCUT2D eigenvalue weighted by atomic mass is 31.2. The van der Waals surface area contributed by atoms with Crippen molar-refractivity contribution < 1.29 is 23.7 Å². The fourth-order valence-corrected chi connectivity index (χ4v) is 2.47. The number of hydrogen-bond acceptors (Lipinski definition) is 3. The van der Waals surface area contributed by atoms with E-state index in [1.54, 1.807) is 11.0 Å². The van der Waals surface area contributed by atoms with E-state index in [-0.39, 0.29) is 12.5 Å². The Labute approximate surface area is 139 Å². The maximum absolute atomic E-state index is 12.1. The smallest absolute Gasteiger partial charge is 0.335 e. The van der Waals surface area contributed by atoms with Crippen molar-refractivity contribution in [2.45, 2.75) is 51.9 Å². The number of phosphoric acid groups is 1. The summed E-state index contributed by atoms with van der Waals surface area (Å²) in [5, 5.41) is 0. The molecule has 1 amide bonds. The number of unbranched alkanes of at least 4 members (excludes halogenated alkanes) is 5. The van der Waals surface area contributed by atoms with E-state index in [0.29, 0.717) is 31.5 Å². The fourth-order valence-electron chi connectivity index (χ4n) is 2.10. The van der Waals surface area contributed by atoms with E-state index >= 15 is 0 Å². The van der Waals surface area contributed by atoms with E-state index in [1.165, 1.54) is 0 Å². The Kier molecular flexibility index (Phi) is 12.0. The van der Waals surface area contributed by atoms with Crippen LogP contribution in [0.3, 0.4) is 0 Å². The third-order valence-corrected chi connectivity index (χ3v) is 3.97. The zero-order chi connectivity index (χ0) is 17.7. The lowest BCUT2D eigenvalue weighted by molar-refractivity contribution is -0.126. The lowest BCUT2D eigenvalue weighted by Crippen LogP contribution is -2.32. The van der Waals surface area contributed by atoms with Crippen LogP contribution in [-0.2, 0) is 13.9 Å². The van der Waals surface area contributed by atoms with Crippen molar-refractivity contribution in [3.05, 3.63) is 24.8 Å². The van der Waals surface area contributed by atoms with E-state index in [0.717, 1.165) is 32.1 Å². The summed E-state index contributed by atoms with van der Waals surface area (Å²) in [5.74, 6) is 0.00184. The molecule has 7 heteroatoms. The second-order valence-corrected chi connectivity index (χ2v) is 6.68.